The van der Waals surface area contributed by atoms with E-state index in [-0.39, 0.29) is 0 Å². The summed E-state index contributed by atoms with van der Waals surface area (Å²) in [6.45, 7) is 7.74. The molecule has 0 fully saturated rings. The number of ether oxygens (including phenoxy) is 1. The Bertz CT molecular complexity index is 1160. The molecule has 0 aliphatic rings. The zero-order valence-electron chi connectivity index (χ0n) is 17.8. The molecule has 0 saturated heterocycles. The zero-order valence-corrected chi connectivity index (χ0v) is 18.5. The first-order chi connectivity index (χ1) is 14.5. The fourth-order valence-corrected chi connectivity index (χ4v) is 3.97. The second kappa shape index (κ2) is 8.93. The van der Waals surface area contributed by atoms with Crippen molar-refractivity contribution in [1.29, 1.82) is 0 Å². The van der Waals surface area contributed by atoms with Gasteiger partial charge in [0.25, 0.3) is 0 Å². The summed E-state index contributed by atoms with van der Waals surface area (Å²) in [7, 11) is 0. The Kier molecular flexibility index (Phi) is 6.10. The van der Waals surface area contributed by atoms with Crippen molar-refractivity contribution in [2.24, 2.45) is 0 Å². The quantitative estimate of drug-likeness (QED) is 0.298. The van der Waals surface area contributed by atoms with E-state index in [1.807, 2.05) is 32.0 Å². The molecule has 0 saturated carbocycles. The molecule has 0 aliphatic carbocycles. The largest absolute Gasteiger partial charge is 0.494 e. The van der Waals surface area contributed by atoms with Gasteiger partial charge in [-0.25, -0.2) is 4.98 Å². The molecule has 0 aliphatic heterocycles. The molecule has 3 nitrogen and oxygen atoms in total. The molecule has 1 aromatic heterocycles. The Balaban J connectivity index is 1.46. The predicted molar refractivity (Wildman–Crippen MR) is 126 cm³/mol. The molecule has 0 atom stereocenters. The van der Waals surface area contributed by atoms with Crippen LogP contribution in [0.1, 0.15) is 29.5 Å². The topological polar surface area (TPSA) is 27.1 Å². The maximum atomic E-state index is 6.25. The molecular weight excluding hydrogens is 392 g/mol. The number of halogens is 1. The van der Waals surface area contributed by atoms with Gasteiger partial charge < -0.3 is 9.30 Å². The number of hydrogen-bond donors (Lipinski definition) is 0. The maximum Gasteiger partial charge on any atom is 0.141 e. The average molecular weight is 419 g/mol. The highest BCUT2D eigenvalue weighted by Gasteiger charge is 2.12. The van der Waals surface area contributed by atoms with Crippen LogP contribution in [0.3, 0.4) is 0 Å². The number of unbranched alkanes of at least 4 members (excludes halogenated alkanes) is 1. The third-order valence-electron chi connectivity index (χ3n) is 5.39. The van der Waals surface area contributed by atoms with E-state index in [4.69, 9.17) is 21.3 Å². The fourth-order valence-electron chi connectivity index (χ4n) is 3.86. The first-order valence-corrected chi connectivity index (χ1v) is 10.8. The lowest BCUT2D eigenvalue weighted by molar-refractivity contribution is 0.303. The van der Waals surface area contributed by atoms with E-state index >= 15 is 0 Å². The monoisotopic (exact) mass is 418 g/mol. The van der Waals surface area contributed by atoms with Crippen molar-refractivity contribution < 1.29 is 4.74 Å². The molecule has 0 spiro atoms. The minimum absolute atomic E-state index is 0.687. The zero-order chi connectivity index (χ0) is 21.1. The first-order valence-electron chi connectivity index (χ1n) is 10.4. The normalized spacial score (nSPS) is 11.2. The van der Waals surface area contributed by atoms with Gasteiger partial charge in [0.2, 0.25) is 0 Å². The second-order valence-corrected chi connectivity index (χ2v) is 8.25. The minimum atomic E-state index is 0.687. The molecule has 4 rings (SSSR count). The summed E-state index contributed by atoms with van der Waals surface area (Å²) in [5.41, 5.74) is 6.73. The van der Waals surface area contributed by atoms with Gasteiger partial charge >= 0.3 is 0 Å². The van der Waals surface area contributed by atoms with Gasteiger partial charge in [0.15, 0.2) is 0 Å². The van der Waals surface area contributed by atoms with Gasteiger partial charge in [-0.05, 0) is 75.1 Å². The van der Waals surface area contributed by atoms with Crippen LogP contribution in [-0.4, -0.2) is 16.2 Å². The van der Waals surface area contributed by atoms with E-state index in [1.54, 1.807) is 0 Å². The molecule has 0 N–H and O–H groups in total. The Morgan fingerprint density at radius 2 is 1.67 bits per heavy atom. The molecule has 3 aromatic carbocycles. The molecule has 4 aromatic rings. The molecule has 0 radical (unpaired) electrons. The SMILES string of the molecule is Cc1cccc(-c2nc3ccccc3n2CCCCOc2cc(C)c(Cl)c(C)c2)c1. The molecule has 0 amide bonds. The van der Waals surface area contributed by atoms with Gasteiger partial charge in [0.1, 0.15) is 11.6 Å². The number of aromatic nitrogens is 2. The third kappa shape index (κ3) is 4.36. The second-order valence-electron chi connectivity index (χ2n) is 7.87. The number of para-hydroxylation sites is 2. The molecular formula is C26H27ClN2O. The van der Waals surface area contributed by atoms with E-state index in [9.17, 15) is 0 Å². The van der Waals surface area contributed by atoms with Gasteiger partial charge in [0, 0.05) is 17.1 Å². The number of rotatable bonds is 7. The standard InChI is InChI=1S/C26H27ClN2O/c1-18-9-8-10-21(15-18)26-28-23-11-4-5-12-24(23)29(26)13-6-7-14-30-22-16-19(2)25(27)20(3)17-22/h4-5,8-12,15-17H,6-7,13-14H2,1-3H3. The van der Waals surface area contributed by atoms with Crippen molar-refractivity contribution in [1.82, 2.24) is 9.55 Å². The van der Waals surface area contributed by atoms with Crippen LogP contribution >= 0.6 is 11.6 Å². The molecule has 30 heavy (non-hydrogen) atoms. The summed E-state index contributed by atoms with van der Waals surface area (Å²) in [6, 6.07) is 20.9. The Morgan fingerprint density at radius 3 is 2.43 bits per heavy atom. The van der Waals surface area contributed by atoms with Crippen LogP contribution in [0.2, 0.25) is 5.02 Å². The Morgan fingerprint density at radius 1 is 0.900 bits per heavy atom. The summed E-state index contributed by atoms with van der Waals surface area (Å²) in [6.07, 6.45) is 1.99. The van der Waals surface area contributed by atoms with Crippen LogP contribution in [0.4, 0.5) is 0 Å². The number of hydrogen-bond acceptors (Lipinski definition) is 2. The average Bonchev–Trinajstić information content (AvgIpc) is 3.10. The summed E-state index contributed by atoms with van der Waals surface area (Å²) in [4.78, 5) is 4.92. The summed E-state index contributed by atoms with van der Waals surface area (Å²) in [5, 5.41) is 0.818. The van der Waals surface area contributed by atoms with Crippen LogP contribution < -0.4 is 4.74 Å². The van der Waals surface area contributed by atoms with E-state index in [0.717, 1.165) is 58.2 Å². The number of aryl methyl sites for hydroxylation is 4. The first kappa shape index (κ1) is 20.5. The lowest BCUT2D eigenvalue weighted by Crippen LogP contribution is -2.04. The maximum absolute atomic E-state index is 6.25. The highest BCUT2D eigenvalue weighted by atomic mass is 35.5. The van der Waals surface area contributed by atoms with Crippen LogP contribution in [-0.2, 0) is 6.54 Å². The molecule has 0 unspecified atom stereocenters. The fraction of sp³-hybridized carbons (Fsp3) is 0.269. The molecule has 4 heteroatoms. The Labute approximate surface area is 183 Å². The van der Waals surface area contributed by atoms with E-state index < -0.39 is 0 Å². The minimum Gasteiger partial charge on any atom is -0.494 e. The number of nitrogens with zero attached hydrogens (tertiary/aromatic N) is 2. The van der Waals surface area contributed by atoms with Crippen LogP contribution in [0.5, 0.6) is 5.75 Å². The number of fused-ring (bicyclic) bond motifs is 1. The number of benzene rings is 3. The van der Waals surface area contributed by atoms with Crippen LogP contribution in [0, 0.1) is 20.8 Å². The third-order valence-corrected chi connectivity index (χ3v) is 5.98. The molecule has 154 valence electrons. The van der Waals surface area contributed by atoms with E-state index in [0.29, 0.717) is 6.61 Å². The molecule has 0 bridgehead atoms. The van der Waals surface area contributed by atoms with Crippen molar-refractivity contribution in [2.45, 2.75) is 40.2 Å². The van der Waals surface area contributed by atoms with Gasteiger partial charge in [0.05, 0.1) is 17.6 Å². The van der Waals surface area contributed by atoms with Crippen molar-refractivity contribution in [3.8, 4) is 17.1 Å². The van der Waals surface area contributed by atoms with Crippen molar-refractivity contribution in [3.05, 3.63) is 82.4 Å². The van der Waals surface area contributed by atoms with Gasteiger partial charge in [-0.3, -0.25) is 0 Å². The number of imidazole rings is 1. The van der Waals surface area contributed by atoms with Gasteiger partial charge in [-0.15, -0.1) is 0 Å². The van der Waals surface area contributed by atoms with E-state index in [2.05, 4.69) is 54.0 Å². The van der Waals surface area contributed by atoms with Crippen LogP contribution in [0.15, 0.2) is 60.7 Å². The van der Waals surface area contributed by atoms with Crippen molar-refractivity contribution in [2.75, 3.05) is 6.61 Å². The summed E-state index contributed by atoms with van der Waals surface area (Å²) < 4.78 is 8.31. The summed E-state index contributed by atoms with van der Waals surface area (Å²) >= 11 is 6.25. The van der Waals surface area contributed by atoms with Crippen LogP contribution in [0.25, 0.3) is 22.4 Å². The Hall–Kier alpha value is -2.78. The van der Waals surface area contributed by atoms with Crippen molar-refractivity contribution in [3.63, 3.8) is 0 Å². The summed E-state index contributed by atoms with van der Waals surface area (Å²) in [5.74, 6) is 1.92. The van der Waals surface area contributed by atoms with E-state index in [1.165, 1.54) is 11.1 Å². The predicted octanol–water partition coefficient (Wildman–Crippen LogP) is 7.14. The smallest absolute Gasteiger partial charge is 0.141 e. The lowest BCUT2D eigenvalue weighted by Gasteiger charge is -2.12. The highest BCUT2D eigenvalue weighted by Crippen LogP contribution is 2.27. The van der Waals surface area contributed by atoms with Gasteiger partial charge in [-0.2, -0.15) is 0 Å². The molecule has 1 heterocycles. The lowest BCUT2D eigenvalue weighted by atomic mass is 10.1. The van der Waals surface area contributed by atoms with Crippen molar-refractivity contribution >= 4 is 22.6 Å². The van der Waals surface area contributed by atoms with Gasteiger partial charge in [-0.1, -0.05) is 47.5 Å². The highest BCUT2D eigenvalue weighted by molar-refractivity contribution is 6.32.